The lowest BCUT2D eigenvalue weighted by Gasteiger charge is -2.41. The topological polar surface area (TPSA) is 15.3 Å². The summed E-state index contributed by atoms with van der Waals surface area (Å²) in [4.78, 5) is 2.73. The second kappa shape index (κ2) is 6.06. The van der Waals surface area contributed by atoms with Gasteiger partial charge < -0.3 is 5.32 Å². The second-order valence-electron chi connectivity index (χ2n) is 6.04. The van der Waals surface area contributed by atoms with Gasteiger partial charge in [-0.2, -0.15) is 0 Å². The van der Waals surface area contributed by atoms with Crippen molar-refractivity contribution < 1.29 is 0 Å². The third kappa shape index (κ3) is 2.85. The molecular formula is C17H26N2. The lowest BCUT2D eigenvalue weighted by atomic mass is 9.86. The maximum Gasteiger partial charge on any atom is 0.0352 e. The van der Waals surface area contributed by atoms with E-state index in [9.17, 15) is 0 Å². The predicted molar refractivity (Wildman–Crippen MR) is 80.4 cm³/mol. The first kappa shape index (κ1) is 13.1. The minimum absolute atomic E-state index is 0.673. The first-order chi connectivity index (χ1) is 9.38. The van der Waals surface area contributed by atoms with E-state index in [-0.39, 0.29) is 0 Å². The number of hydrogen-bond donors (Lipinski definition) is 1. The number of fused-ring (bicyclic) bond motifs is 1. The molecule has 2 aliphatic rings. The summed E-state index contributed by atoms with van der Waals surface area (Å²) in [6.07, 6.45) is 6.56. The minimum Gasteiger partial charge on any atom is -0.311 e. The average Bonchev–Trinajstić information content (AvgIpc) is 2.47. The van der Waals surface area contributed by atoms with Crippen LogP contribution < -0.4 is 5.32 Å². The molecule has 1 aliphatic carbocycles. The van der Waals surface area contributed by atoms with Crippen molar-refractivity contribution in [1.29, 1.82) is 0 Å². The molecule has 104 valence electrons. The highest BCUT2D eigenvalue weighted by Crippen LogP contribution is 2.34. The molecule has 0 aromatic heterocycles. The minimum atomic E-state index is 0.673. The largest absolute Gasteiger partial charge is 0.311 e. The normalized spacial score (nSPS) is 28.1. The summed E-state index contributed by atoms with van der Waals surface area (Å²) in [7, 11) is 0. The predicted octanol–water partition coefficient (Wildman–Crippen LogP) is 3.14. The average molecular weight is 258 g/mol. The summed E-state index contributed by atoms with van der Waals surface area (Å²) in [6, 6.07) is 10.5. The Balaban J connectivity index is 1.75. The maximum atomic E-state index is 3.67. The van der Waals surface area contributed by atoms with E-state index >= 15 is 0 Å². The molecule has 0 amide bonds. The molecule has 1 N–H and O–H groups in total. The molecule has 2 nitrogen and oxygen atoms in total. The molecule has 0 radical (unpaired) electrons. The van der Waals surface area contributed by atoms with Crippen LogP contribution >= 0.6 is 0 Å². The number of piperazine rings is 1. The van der Waals surface area contributed by atoms with Crippen LogP contribution in [0.25, 0.3) is 0 Å². The molecule has 0 bridgehead atoms. The number of rotatable bonds is 3. The van der Waals surface area contributed by atoms with Crippen molar-refractivity contribution in [3.05, 3.63) is 35.4 Å². The van der Waals surface area contributed by atoms with Gasteiger partial charge in [-0.25, -0.2) is 0 Å². The molecule has 0 spiro atoms. The van der Waals surface area contributed by atoms with E-state index in [1.165, 1.54) is 45.2 Å². The van der Waals surface area contributed by atoms with Crippen molar-refractivity contribution in [3.63, 3.8) is 0 Å². The molecule has 1 aromatic carbocycles. The van der Waals surface area contributed by atoms with Gasteiger partial charge in [0.1, 0.15) is 0 Å². The summed E-state index contributed by atoms with van der Waals surface area (Å²) in [5, 5.41) is 3.67. The third-order valence-electron chi connectivity index (χ3n) is 4.70. The summed E-state index contributed by atoms with van der Waals surface area (Å²) in [6.45, 7) is 5.88. The quantitative estimate of drug-likeness (QED) is 0.896. The van der Waals surface area contributed by atoms with Gasteiger partial charge in [0.05, 0.1) is 0 Å². The Morgan fingerprint density at radius 2 is 2.21 bits per heavy atom. The zero-order valence-corrected chi connectivity index (χ0v) is 12.1. The van der Waals surface area contributed by atoms with Gasteiger partial charge in [-0.05, 0) is 36.8 Å². The smallest absolute Gasteiger partial charge is 0.0352 e. The lowest BCUT2D eigenvalue weighted by molar-refractivity contribution is 0.127. The number of nitrogens with one attached hydrogen (secondary N) is 1. The van der Waals surface area contributed by atoms with Crippen LogP contribution in [-0.4, -0.2) is 30.6 Å². The Kier molecular flexibility index (Phi) is 4.19. The number of hydrogen-bond acceptors (Lipinski definition) is 2. The summed E-state index contributed by atoms with van der Waals surface area (Å²) in [5.74, 6) is 0. The van der Waals surface area contributed by atoms with E-state index in [1.54, 1.807) is 11.1 Å². The number of benzene rings is 1. The van der Waals surface area contributed by atoms with Crippen molar-refractivity contribution in [2.24, 2.45) is 0 Å². The fourth-order valence-corrected chi connectivity index (χ4v) is 3.78. The van der Waals surface area contributed by atoms with E-state index in [2.05, 4.69) is 41.4 Å². The molecule has 3 rings (SSSR count). The first-order valence-electron chi connectivity index (χ1n) is 7.93. The van der Waals surface area contributed by atoms with Crippen LogP contribution in [0.15, 0.2) is 24.3 Å². The van der Waals surface area contributed by atoms with Gasteiger partial charge in [-0.3, -0.25) is 4.90 Å². The van der Waals surface area contributed by atoms with Gasteiger partial charge in [-0.15, -0.1) is 0 Å². The molecule has 1 saturated heterocycles. The molecule has 1 aromatic rings. The Bertz CT molecular complexity index is 413. The Morgan fingerprint density at radius 1 is 1.32 bits per heavy atom. The van der Waals surface area contributed by atoms with E-state index in [1.807, 2.05) is 0 Å². The van der Waals surface area contributed by atoms with Crippen molar-refractivity contribution in [2.75, 3.05) is 19.6 Å². The molecule has 2 unspecified atom stereocenters. The molecule has 1 aliphatic heterocycles. The maximum absolute atomic E-state index is 3.67. The second-order valence-corrected chi connectivity index (χ2v) is 6.04. The molecule has 1 heterocycles. The molecule has 2 atom stereocenters. The Hall–Kier alpha value is -0.860. The zero-order valence-electron chi connectivity index (χ0n) is 12.1. The SMILES string of the molecule is CCCC1CN(C2CCCc3ccccc32)CCN1. The molecule has 2 heteroatoms. The van der Waals surface area contributed by atoms with Crippen LogP contribution in [0.5, 0.6) is 0 Å². The molecular weight excluding hydrogens is 232 g/mol. The Morgan fingerprint density at radius 3 is 3.11 bits per heavy atom. The number of nitrogens with zero attached hydrogens (tertiary/aromatic N) is 1. The highest BCUT2D eigenvalue weighted by molar-refractivity contribution is 5.32. The van der Waals surface area contributed by atoms with E-state index in [0.29, 0.717) is 12.1 Å². The standard InChI is InChI=1S/C17H26N2/c1-2-6-15-13-19(12-11-18-15)17-10-5-8-14-7-3-4-9-16(14)17/h3-4,7,9,15,17-18H,2,5-6,8,10-13H2,1H3. The molecule has 1 fully saturated rings. The van der Waals surface area contributed by atoms with Gasteiger partial charge in [0.25, 0.3) is 0 Å². The summed E-state index contributed by atoms with van der Waals surface area (Å²) < 4.78 is 0. The summed E-state index contributed by atoms with van der Waals surface area (Å²) in [5.41, 5.74) is 3.19. The van der Waals surface area contributed by atoms with Crippen LogP contribution in [0.4, 0.5) is 0 Å². The number of aryl methyl sites for hydroxylation is 1. The highest BCUT2D eigenvalue weighted by atomic mass is 15.2. The van der Waals surface area contributed by atoms with Crippen LogP contribution in [0.3, 0.4) is 0 Å². The van der Waals surface area contributed by atoms with Gasteiger partial charge in [0, 0.05) is 31.7 Å². The van der Waals surface area contributed by atoms with Crippen molar-refractivity contribution in [1.82, 2.24) is 10.2 Å². The van der Waals surface area contributed by atoms with Gasteiger partial charge in [0.15, 0.2) is 0 Å². The highest BCUT2D eigenvalue weighted by Gasteiger charge is 2.29. The Labute approximate surface area is 117 Å². The summed E-state index contributed by atoms with van der Waals surface area (Å²) >= 11 is 0. The zero-order chi connectivity index (χ0) is 13.1. The van der Waals surface area contributed by atoms with Crippen LogP contribution in [-0.2, 0) is 6.42 Å². The monoisotopic (exact) mass is 258 g/mol. The van der Waals surface area contributed by atoms with Crippen molar-refractivity contribution >= 4 is 0 Å². The molecule has 0 saturated carbocycles. The van der Waals surface area contributed by atoms with Gasteiger partial charge >= 0.3 is 0 Å². The lowest BCUT2D eigenvalue weighted by Crippen LogP contribution is -2.51. The van der Waals surface area contributed by atoms with Crippen molar-refractivity contribution in [2.45, 2.75) is 51.1 Å². The van der Waals surface area contributed by atoms with Gasteiger partial charge in [-0.1, -0.05) is 37.6 Å². The van der Waals surface area contributed by atoms with E-state index in [4.69, 9.17) is 0 Å². The fourth-order valence-electron chi connectivity index (χ4n) is 3.78. The van der Waals surface area contributed by atoms with Gasteiger partial charge in [0.2, 0.25) is 0 Å². The third-order valence-corrected chi connectivity index (χ3v) is 4.70. The molecule has 19 heavy (non-hydrogen) atoms. The van der Waals surface area contributed by atoms with Crippen LogP contribution in [0, 0.1) is 0 Å². The van der Waals surface area contributed by atoms with Crippen LogP contribution in [0.2, 0.25) is 0 Å². The van der Waals surface area contributed by atoms with E-state index < -0.39 is 0 Å². The fraction of sp³-hybridized carbons (Fsp3) is 0.647. The first-order valence-corrected chi connectivity index (χ1v) is 7.93. The van der Waals surface area contributed by atoms with E-state index in [0.717, 1.165) is 6.54 Å². The van der Waals surface area contributed by atoms with Crippen LogP contribution in [0.1, 0.15) is 49.8 Å². The van der Waals surface area contributed by atoms with Crippen molar-refractivity contribution in [3.8, 4) is 0 Å².